The number of rotatable bonds is 4. The van der Waals surface area contributed by atoms with Gasteiger partial charge in [-0.3, -0.25) is 9.59 Å². The molecule has 5 aromatic rings. The van der Waals surface area contributed by atoms with Gasteiger partial charge >= 0.3 is 0 Å². The van der Waals surface area contributed by atoms with Gasteiger partial charge in [-0.1, -0.05) is 24.3 Å². The normalized spacial score (nSPS) is 15.0. The quantitative estimate of drug-likeness (QED) is 0.224. The number of carbonyl (C=O) groups excluding carboxylic acids is 2. The van der Waals surface area contributed by atoms with Crippen LogP contribution in [0.1, 0.15) is 32.5 Å². The number of para-hydroxylation sites is 1. The molecule has 8 heteroatoms. The molecule has 0 saturated heterocycles. The number of alkyl halides is 1. The summed E-state index contributed by atoms with van der Waals surface area (Å²) in [6.07, 6.45) is 0. The largest absolute Gasteiger partial charge is 0.451 e. The molecule has 0 fully saturated rings. The summed E-state index contributed by atoms with van der Waals surface area (Å²) in [6, 6.07) is 22.0. The molecule has 174 valence electrons. The van der Waals surface area contributed by atoms with Gasteiger partial charge in [0.2, 0.25) is 0 Å². The number of nitrogens with two attached hydrogens (primary N) is 1. The van der Waals surface area contributed by atoms with E-state index in [1.54, 1.807) is 23.1 Å². The number of H-pyrrole nitrogens is 1. The molecule has 1 unspecified atom stereocenters. The number of halogens is 1. The lowest BCUT2D eigenvalue weighted by Crippen LogP contribution is -2.30. The number of anilines is 3. The highest BCUT2D eigenvalue weighted by atomic mass is 35.5. The predicted octanol–water partition coefficient (Wildman–Crippen LogP) is 5.73. The highest BCUT2D eigenvalue weighted by Gasteiger charge is 2.33. The fraction of sp³-hybridized carbons (Fsp3) is 0.111. The van der Waals surface area contributed by atoms with Gasteiger partial charge in [-0.25, -0.2) is 0 Å². The molecule has 4 N–H and O–H groups in total. The second-order valence-corrected chi connectivity index (χ2v) is 8.98. The molecule has 0 saturated carbocycles. The minimum atomic E-state index is -0.342. The lowest BCUT2D eigenvalue weighted by molar-refractivity contribution is 0.0981. The Morgan fingerprint density at radius 2 is 1.91 bits per heavy atom. The Bertz CT molecular complexity index is 1590. The number of benzene rings is 3. The van der Waals surface area contributed by atoms with Gasteiger partial charge in [0.05, 0.1) is 0 Å². The number of fused-ring (bicyclic) bond motifs is 3. The van der Waals surface area contributed by atoms with E-state index in [0.717, 1.165) is 27.5 Å². The fourth-order valence-corrected chi connectivity index (χ4v) is 4.90. The number of nitrogens with zero attached hydrogens (tertiary/aromatic N) is 1. The summed E-state index contributed by atoms with van der Waals surface area (Å²) in [5.74, 6) is 0.207. The number of nitrogens with one attached hydrogen (secondary N) is 2. The van der Waals surface area contributed by atoms with Gasteiger partial charge in [0.25, 0.3) is 11.8 Å². The van der Waals surface area contributed by atoms with Crippen LogP contribution >= 0.6 is 11.6 Å². The van der Waals surface area contributed by atoms with Crippen LogP contribution in [0, 0.1) is 0 Å². The Morgan fingerprint density at radius 1 is 1.06 bits per heavy atom. The van der Waals surface area contributed by atoms with E-state index in [-0.39, 0.29) is 23.5 Å². The molecule has 2 amide bonds. The standard InChI is InChI=1S/C27H21ClN4O3/c28-13-17-14-32(23-12-18(29)5-7-20(17)23)27(34)22-10-16-9-19(6-8-21(16)31-22)30-26(33)25-11-15-3-1-2-4-24(15)35-25/h1-12,17,31H,13-14,29H2,(H,30,33). The molecule has 3 heterocycles. The first-order valence-electron chi connectivity index (χ1n) is 11.2. The lowest BCUT2D eigenvalue weighted by Gasteiger charge is -2.17. The van der Waals surface area contributed by atoms with Crippen LogP contribution in [0.3, 0.4) is 0 Å². The van der Waals surface area contributed by atoms with Gasteiger partial charge in [0, 0.05) is 51.7 Å². The van der Waals surface area contributed by atoms with Gasteiger partial charge in [0.15, 0.2) is 5.76 Å². The van der Waals surface area contributed by atoms with Crippen LogP contribution in [0.15, 0.2) is 77.2 Å². The number of aromatic nitrogens is 1. The van der Waals surface area contributed by atoms with Gasteiger partial charge in [0.1, 0.15) is 11.3 Å². The number of hydrogen-bond acceptors (Lipinski definition) is 4. The summed E-state index contributed by atoms with van der Waals surface area (Å²) in [6.45, 7) is 0.495. The maximum Gasteiger partial charge on any atom is 0.291 e. The third kappa shape index (κ3) is 3.70. The first-order chi connectivity index (χ1) is 17.0. The summed E-state index contributed by atoms with van der Waals surface area (Å²) in [5, 5.41) is 4.53. The minimum Gasteiger partial charge on any atom is -0.451 e. The van der Waals surface area contributed by atoms with Crippen molar-refractivity contribution in [2.45, 2.75) is 5.92 Å². The van der Waals surface area contributed by atoms with E-state index in [2.05, 4.69) is 10.3 Å². The first kappa shape index (κ1) is 21.3. The SMILES string of the molecule is Nc1ccc2c(c1)N(C(=O)c1cc3cc(NC(=O)c4cc5ccccc5o4)ccc3[nH]1)CC2CCl. The van der Waals surface area contributed by atoms with Gasteiger partial charge in [-0.2, -0.15) is 0 Å². The third-order valence-electron chi connectivity index (χ3n) is 6.38. The van der Waals surface area contributed by atoms with Crippen molar-refractivity contribution in [1.29, 1.82) is 0 Å². The van der Waals surface area contributed by atoms with Crippen LogP contribution in [-0.2, 0) is 0 Å². The Balaban J connectivity index is 1.26. The predicted molar refractivity (Wildman–Crippen MR) is 138 cm³/mol. The molecular formula is C27H21ClN4O3. The van der Waals surface area contributed by atoms with Crippen LogP contribution in [0.4, 0.5) is 17.1 Å². The van der Waals surface area contributed by atoms with Crippen LogP contribution in [0.2, 0.25) is 0 Å². The van der Waals surface area contributed by atoms with Crippen LogP contribution in [0.5, 0.6) is 0 Å². The van der Waals surface area contributed by atoms with Crippen molar-refractivity contribution in [1.82, 2.24) is 4.98 Å². The Labute approximate surface area is 205 Å². The Morgan fingerprint density at radius 3 is 2.74 bits per heavy atom. The summed E-state index contributed by atoms with van der Waals surface area (Å²) < 4.78 is 5.65. The lowest BCUT2D eigenvalue weighted by atomic mass is 10.0. The molecule has 3 aromatic carbocycles. The Kier molecular flexibility index (Phi) is 5.00. The molecule has 6 rings (SSSR count). The highest BCUT2D eigenvalue weighted by Crippen LogP contribution is 2.39. The van der Waals surface area contributed by atoms with Crippen molar-refractivity contribution >= 4 is 62.3 Å². The van der Waals surface area contributed by atoms with Crippen LogP contribution in [0.25, 0.3) is 21.9 Å². The second kappa shape index (κ2) is 8.21. The van der Waals surface area contributed by atoms with Crippen molar-refractivity contribution in [3.8, 4) is 0 Å². The maximum absolute atomic E-state index is 13.4. The molecule has 35 heavy (non-hydrogen) atoms. The fourth-order valence-electron chi connectivity index (χ4n) is 4.64. The van der Waals surface area contributed by atoms with Crippen LogP contribution < -0.4 is 16.0 Å². The van der Waals surface area contributed by atoms with Gasteiger partial charge < -0.3 is 25.4 Å². The monoisotopic (exact) mass is 484 g/mol. The van der Waals surface area contributed by atoms with Crippen molar-refractivity contribution in [3.63, 3.8) is 0 Å². The molecule has 1 aliphatic heterocycles. The van der Waals surface area contributed by atoms with E-state index in [0.29, 0.717) is 35.1 Å². The number of amides is 2. The molecule has 1 atom stereocenters. The zero-order valence-corrected chi connectivity index (χ0v) is 19.3. The van der Waals surface area contributed by atoms with Crippen molar-refractivity contribution in [2.75, 3.05) is 28.4 Å². The molecular weight excluding hydrogens is 464 g/mol. The van der Waals surface area contributed by atoms with Gasteiger partial charge in [-0.05, 0) is 54.1 Å². The maximum atomic E-state index is 13.4. The van der Waals surface area contributed by atoms with E-state index < -0.39 is 0 Å². The van der Waals surface area contributed by atoms with E-state index in [4.69, 9.17) is 21.8 Å². The summed E-state index contributed by atoms with van der Waals surface area (Å²) in [7, 11) is 0. The minimum absolute atomic E-state index is 0.0562. The van der Waals surface area contributed by atoms with Crippen molar-refractivity contribution in [2.24, 2.45) is 0 Å². The number of nitrogen functional groups attached to an aromatic ring is 1. The number of aromatic amines is 1. The van der Waals surface area contributed by atoms with E-state index in [9.17, 15) is 9.59 Å². The smallest absolute Gasteiger partial charge is 0.291 e. The molecule has 0 spiro atoms. The topological polar surface area (TPSA) is 104 Å². The van der Waals surface area contributed by atoms with Crippen molar-refractivity contribution in [3.05, 3.63) is 89.8 Å². The Hall–Kier alpha value is -4.23. The first-order valence-corrected chi connectivity index (χ1v) is 11.7. The zero-order valence-electron chi connectivity index (χ0n) is 18.5. The zero-order chi connectivity index (χ0) is 24.1. The summed E-state index contributed by atoms with van der Waals surface area (Å²) in [4.78, 5) is 31.0. The van der Waals surface area contributed by atoms with E-state index in [1.165, 1.54) is 0 Å². The number of hydrogen-bond donors (Lipinski definition) is 3. The summed E-state index contributed by atoms with van der Waals surface area (Å²) >= 11 is 6.16. The van der Waals surface area contributed by atoms with Crippen molar-refractivity contribution < 1.29 is 14.0 Å². The third-order valence-corrected chi connectivity index (χ3v) is 6.75. The molecule has 7 nitrogen and oxygen atoms in total. The number of carbonyl (C=O) groups is 2. The van der Waals surface area contributed by atoms with Gasteiger partial charge in [-0.15, -0.1) is 11.6 Å². The van der Waals surface area contributed by atoms with Crippen LogP contribution in [-0.4, -0.2) is 29.2 Å². The summed E-state index contributed by atoms with van der Waals surface area (Å²) in [5.41, 5.74) is 10.9. The highest BCUT2D eigenvalue weighted by molar-refractivity contribution is 6.19. The molecule has 0 bridgehead atoms. The average molecular weight is 485 g/mol. The average Bonchev–Trinajstić information content (AvgIpc) is 3.57. The second-order valence-electron chi connectivity index (χ2n) is 8.67. The molecule has 0 aliphatic carbocycles. The van der Waals surface area contributed by atoms with E-state index in [1.807, 2.05) is 54.6 Å². The molecule has 2 aromatic heterocycles. The van der Waals surface area contributed by atoms with E-state index >= 15 is 0 Å². The number of furan rings is 1. The molecule has 0 radical (unpaired) electrons. The molecule has 1 aliphatic rings.